The fourth-order valence-electron chi connectivity index (χ4n) is 2.13. The smallest absolute Gasteiger partial charge is 0.337 e. The molecule has 0 aromatic heterocycles. The first-order valence-electron chi connectivity index (χ1n) is 7.70. The average molecular weight is 610 g/mol. The van der Waals surface area contributed by atoms with Gasteiger partial charge in [0, 0.05) is 7.14 Å². The molecule has 2 aromatic rings. The number of anilines is 1. The van der Waals surface area contributed by atoms with Gasteiger partial charge in [-0.15, -0.1) is 0 Å². The number of amides is 1. The second-order valence-electron chi connectivity index (χ2n) is 5.65. The number of carboxylic acids is 1. The van der Waals surface area contributed by atoms with Crippen LogP contribution in [0.5, 0.6) is 5.75 Å². The van der Waals surface area contributed by atoms with Crippen LogP contribution >= 0.6 is 57.4 Å². The molecule has 0 heterocycles. The van der Waals surface area contributed by atoms with E-state index in [2.05, 4.69) is 10.6 Å². The molecule has 27 heavy (non-hydrogen) atoms. The van der Waals surface area contributed by atoms with Crippen molar-refractivity contribution in [1.82, 2.24) is 5.32 Å². The van der Waals surface area contributed by atoms with Crippen molar-refractivity contribution in [2.45, 2.75) is 13.8 Å². The Balaban J connectivity index is 1.98. The maximum atomic E-state index is 12.0. The van der Waals surface area contributed by atoms with Gasteiger partial charge in [0.25, 0.3) is 5.91 Å². The topological polar surface area (TPSA) is 87.7 Å². The van der Waals surface area contributed by atoms with Crippen LogP contribution < -0.4 is 15.4 Å². The number of hydrogen-bond acceptors (Lipinski definition) is 4. The molecule has 0 aliphatic heterocycles. The molecule has 1 amide bonds. The molecule has 6 nitrogen and oxygen atoms in total. The largest absolute Gasteiger partial charge is 0.484 e. The van der Waals surface area contributed by atoms with Crippen LogP contribution in [0.1, 0.15) is 21.5 Å². The summed E-state index contributed by atoms with van der Waals surface area (Å²) in [5.74, 6) is -0.934. The highest BCUT2D eigenvalue weighted by atomic mass is 127. The van der Waals surface area contributed by atoms with Crippen LogP contribution in [-0.4, -0.2) is 28.7 Å². The maximum Gasteiger partial charge on any atom is 0.337 e. The lowest BCUT2D eigenvalue weighted by atomic mass is 10.1. The molecule has 2 rings (SSSR count). The highest BCUT2D eigenvalue weighted by molar-refractivity contribution is 14.1. The van der Waals surface area contributed by atoms with E-state index in [0.29, 0.717) is 15.0 Å². The molecule has 2 aromatic carbocycles. The second kappa shape index (κ2) is 9.64. The highest BCUT2D eigenvalue weighted by Crippen LogP contribution is 2.26. The molecule has 0 saturated carbocycles. The SMILES string of the molecule is Cc1ccc(OCC(=O)NC(=S)Nc2c(I)cc(I)cc2C(=O)O)cc1C. The zero-order valence-electron chi connectivity index (χ0n) is 14.4. The van der Waals surface area contributed by atoms with Gasteiger partial charge in [0.1, 0.15) is 5.75 Å². The van der Waals surface area contributed by atoms with Crippen molar-refractivity contribution in [2.75, 3.05) is 11.9 Å². The minimum absolute atomic E-state index is 0.00492. The Labute approximate surface area is 189 Å². The summed E-state index contributed by atoms with van der Waals surface area (Å²) in [5, 5.41) is 14.6. The van der Waals surface area contributed by atoms with Crippen LogP contribution in [0.2, 0.25) is 0 Å². The number of carboxylic acid groups (broad SMARTS) is 1. The van der Waals surface area contributed by atoms with Crippen molar-refractivity contribution < 1.29 is 19.4 Å². The number of aromatic carboxylic acids is 1. The third kappa shape index (κ3) is 6.28. The summed E-state index contributed by atoms with van der Waals surface area (Å²) in [5.41, 5.74) is 2.62. The molecule has 0 radical (unpaired) electrons. The van der Waals surface area contributed by atoms with Gasteiger partial charge in [0.05, 0.1) is 11.3 Å². The van der Waals surface area contributed by atoms with E-state index in [-0.39, 0.29) is 17.3 Å². The molecule has 0 bridgehead atoms. The van der Waals surface area contributed by atoms with Gasteiger partial charge >= 0.3 is 5.97 Å². The number of benzene rings is 2. The first-order valence-corrected chi connectivity index (χ1v) is 10.3. The standard InChI is InChI=1S/C18H16I2N2O4S/c1-9-3-4-12(5-10(9)2)26-8-15(23)21-18(27)22-16-13(17(24)25)6-11(19)7-14(16)20/h3-7H,8H2,1-2H3,(H,24,25)(H2,21,22,23,27). The molecule has 0 spiro atoms. The van der Waals surface area contributed by atoms with Gasteiger partial charge in [-0.3, -0.25) is 10.1 Å². The number of nitrogens with one attached hydrogen (secondary N) is 2. The van der Waals surface area contributed by atoms with E-state index in [1.54, 1.807) is 6.07 Å². The lowest BCUT2D eigenvalue weighted by Crippen LogP contribution is -2.37. The number of hydrogen-bond donors (Lipinski definition) is 3. The maximum absolute atomic E-state index is 12.0. The molecule has 0 saturated heterocycles. The van der Waals surface area contributed by atoms with Gasteiger partial charge in [-0.2, -0.15) is 0 Å². The predicted molar refractivity (Wildman–Crippen MR) is 125 cm³/mol. The van der Waals surface area contributed by atoms with Gasteiger partial charge in [0.2, 0.25) is 0 Å². The number of carbonyl (C=O) groups excluding carboxylic acids is 1. The fraction of sp³-hybridized carbons (Fsp3) is 0.167. The normalized spacial score (nSPS) is 10.2. The Bertz CT molecular complexity index is 918. The van der Waals surface area contributed by atoms with Crippen LogP contribution in [0.15, 0.2) is 30.3 Å². The van der Waals surface area contributed by atoms with Gasteiger partial charge in [0.15, 0.2) is 11.7 Å². The summed E-state index contributed by atoms with van der Waals surface area (Å²) in [6.45, 7) is 3.75. The van der Waals surface area contributed by atoms with Crippen molar-refractivity contribution in [2.24, 2.45) is 0 Å². The van der Waals surface area contributed by atoms with E-state index in [1.165, 1.54) is 6.07 Å². The molecule has 0 aliphatic rings. The van der Waals surface area contributed by atoms with Gasteiger partial charge in [-0.05, 0) is 107 Å². The van der Waals surface area contributed by atoms with Crippen LogP contribution in [0, 0.1) is 21.0 Å². The predicted octanol–water partition coefficient (Wildman–Crippen LogP) is 4.10. The molecule has 0 fully saturated rings. The minimum atomic E-state index is -1.08. The van der Waals surface area contributed by atoms with Crippen LogP contribution in [-0.2, 0) is 4.79 Å². The Morgan fingerprint density at radius 1 is 1.15 bits per heavy atom. The number of rotatable bonds is 5. The second-order valence-corrected chi connectivity index (χ2v) is 8.47. The summed E-state index contributed by atoms with van der Waals surface area (Å²) in [6, 6.07) is 8.90. The van der Waals surface area contributed by atoms with E-state index in [1.807, 2.05) is 77.2 Å². The van der Waals surface area contributed by atoms with Crippen LogP contribution in [0.3, 0.4) is 0 Å². The quantitative estimate of drug-likeness (QED) is 0.350. The van der Waals surface area contributed by atoms with Crippen molar-refractivity contribution in [1.29, 1.82) is 0 Å². The molecule has 0 aliphatic carbocycles. The number of halogens is 2. The molecule has 0 atom stereocenters. The summed E-state index contributed by atoms with van der Waals surface area (Å²) in [6.07, 6.45) is 0. The van der Waals surface area contributed by atoms with E-state index in [0.717, 1.165) is 14.7 Å². The lowest BCUT2D eigenvalue weighted by molar-refractivity contribution is -0.121. The van der Waals surface area contributed by atoms with Gasteiger partial charge < -0.3 is 15.2 Å². The zero-order valence-corrected chi connectivity index (χ0v) is 19.6. The lowest BCUT2D eigenvalue weighted by Gasteiger charge is -2.14. The molecule has 0 unspecified atom stereocenters. The van der Waals surface area contributed by atoms with E-state index in [9.17, 15) is 14.7 Å². The van der Waals surface area contributed by atoms with E-state index < -0.39 is 11.9 Å². The van der Waals surface area contributed by atoms with Crippen LogP contribution in [0.25, 0.3) is 0 Å². The first kappa shape index (κ1) is 21.8. The summed E-state index contributed by atoms with van der Waals surface area (Å²) >= 11 is 9.18. The third-order valence-corrected chi connectivity index (χ3v) is 5.30. The Morgan fingerprint density at radius 2 is 1.85 bits per heavy atom. The summed E-state index contributed by atoms with van der Waals surface area (Å²) in [7, 11) is 0. The van der Waals surface area contributed by atoms with Gasteiger partial charge in [-0.1, -0.05) is 6.07 Å². The minimum Gasteiger partial charge on any atom is -0.484 e. The zero-order chi connectivity index (χ0) is 20.1. The highest BCUT2D eigenvalue weighted by Gasteiger charge is 2.16. The number of thiocarbonyl (C=S) groups is 1. The number of aryl methyl sites for hydroxylation is 2. The molecule has 3 N–H and O–H groups in total. The Hall–Kier alpha value is -1.47. The van der Waals surface area contributed by atoms with Crippen molar-refractivity contribution in [3.8, 4) is 5.75 Å². The van der Waals surface area contributed by atoms with Crippen molar-refractivity contribution in [3.63, 3.8) is 0 Å². The van der Waals surface area contributed by atoms with E-state index in [4.69, 9.17) is 17.0 Å². The Morgan fingerprint density at radius 3 is 2.48 bits per heavy atom. The molecular formula is C18H16I2N2O4S. The number of ether oxygens (including phenoxy) is 1. The molecular weight excluding hydrogens is 594 g/mol. The van der Waals surface area contributed by atoms with Gasteiger partial charge in [-0.25, -0.2) is 4.79 Å². The average Bonchev–Trinajstić information content (AvgIpc) is 2.58. The summed E-state index contributed by atoms with van der Waals surface area (Å²) in [4.78, 5) is 23.5. The van der Waals surface area contributed by atoms with Crippen molar-refractivity contribution >= 4 is 80.1 Å². The third-order valence-electron chi connectivity index (χ3n) is 3.63. The summed E-state index contributed by atoms with van der Waals surface area (Å²) < 4.78 is 6.93. The van der Waals surface area contributed by atoms with E-state index >= 15 is 0 Å². The Kier molecular flexibility index (Phi) is 7.79. The van der Waals surface area contributed by atoms with Crippen molar-refractivity contribution in [3.05, 3.63) is 54.2 Å². The first-order chi connectivity index (χ1) is 12.7. The molecule has 9 heteroatoms. The van der Waals surface area contributed by atoms with Crippen LogP contribution in [0.4, 0.5) is 5.69 Å². The number of carbonyl (C=O) groups is 2. The fourth-order valence-corrected chi connectivity index (χ4v) is 4.32. The monoisotopic (exact) mass is 610 g/mol. The molecule has 142 valence electrons.